The van der Waals surface area contributed by atoms with E-state index in [0.29, 0.717) is 18.0 Å². The van der Waals surface area contributed by atoms with Crippen LogP contribution < -0.4 is 0 Å². The molecular formula is C15H16ClIN2O. The summed E-state index contributed by atoms with van der Waals surface area (Å²) in [7, 11) is 0. The lowest BCUT2D eigenvalue weighted by Crippen LogP contribution is -2.10. The second kappa shape index (κ2) is 6.72. The first-order chi connectivity index (χ1) is 9.56. The van der Waals surface area contributed by atoms with Crippen LogP contribution in [-0.2, 0) is 19.4 Å². The Morgan fingerprint density at radius 3 is 2.75 bits per heavy atom. The zero-order valence-electron chi connectivity index (χ0n) is 11.5. The van der Waals surface area contributed by atoms with Gasteiger partial charge in [-0.25, -0.2) is 0 Å². The lowest BCUT2D eigenvalue weighted by Gasteiger charge is -2.05. The van der Waals surface area contributed by atoms with Crippen molar-refractivity contribution < 1.29 is 4.79 Å². The predicted octanol–water partition coefficient (Wildman–Crippen LogP) is 4.15. The third kappa shape index (κ3) is 3.23. The Kier molecular flexibility index (Phi) is 5.21. The van der Waals surface area contributed by atoms with E-state index < -0.39 is 0 Å². The van der Waals surface area contributed by atoms with E-state index >= 15 is 0 Å². The fourth-order valence-electron chi connectivity index (χ4n) is 2.10. The minimum atomic E-state index is 0.0719. The van der Waals surface area contributed by atoms with E-state index in [1.54, 1.807) is 0 Å². The predicted molar refractivity (Wildman–Crippen MR) is 89.5 cm³/mol. The molecule has 0 bridgehead atoms. The highest BCUT2D eigenvalue weighted by molar-refractivity contribution is 14.1. The number of carbonyl (C=O) groups excluding carboxylic acids is 1. The van der Waals surface area contributed by atoms with Gasteiger partial charge in [0.05, 0.1) is 22.8 Å². The standard InChI is InChI=1S/C15H16ClIN2O/c1-3-12-15(16)13(19(4-2)18-12)9-14(20)10-6-5-7-11(17)8-10/h5-8H,3-4,9H2,1-2H3. The number of carbonyl (C=O) groups is 1. The molecular weight excluding hydrogens is 387 g/mol. The molecule has 0 saturated carbocycles. The van der Waals surface area contributed by atoms with Crippen LogP contribution in [0.3, 0.4) is 0 Å². The van der Waals surface area contributed by atoms with Crippen LogP contribution in [0.4, 0.5) is 0 Å². The van der Waals surface area contributed by atoms with Crippen LogP contribution in [-0.4, -0.2) is 15.6 Å². The molecule has 0 aliphatic carbocycles. The quantitative estimate of drug-likeness (QED) is 0.556. The maximum Gasteiger partial charge on any atom is 0.168 e. The molecule has 0 aliphatic heterocycles. The summed E-state index contributed by atoms with van der Waals surface area (Å²) in [5, 5.41) is 5.07. The Labute approximate surface area is 137 Å². The van der Waals surface area contributed by atoms with Crippen molar-refractivity contribution in [2.75, 3.05) is 0 Å². The number of aromatic nitrogens is 2. The highest BCUT2D eigenvalue weighted by atomic mass is 127. The zero-order valence-corrected chi connectivity index (χ0v) is 14.4. The molecule has 1 aromatic carbocycles. The van der Waals surface area contributed by atoms with Crippen molar-refractivity contribution in [2.45, 2.75) is 33.2 Å². The average Bonchev–Trinajstić information content (AvgIpc) is 2.75. The monoisotopic (exact) mass is 402 g/mol. The van der Waals surface area contributed by atoms with Crippen LogP contribution in [0.2, 0.25) is 5.02 Å². The van der Waals surface area contributed by atoms with Gasteiger partial charge in [0, 0.05) is 15.7 Å². The number of halogens is 2. The minimum absolute atomic E-state index is 0.0719. The van der Waals surface area contributed by atoms with E-state index in [9.17, 15) is 4.79 Å². The highest BCUT2D eigenvalue weighted by Crippen LogP contribution is 2.23. The largest absolute Gasteiger partial charge is 0.294 e. The van der Waals surface area contributed by atoms with Crippen molar-refractivity contribution in [1.82, 2.24) is 9.78 Å². The first kappa shape index (κ1) is 15.5. The Balaban J connectivity index is 2.30. The third-order valence-electron chi connectivity index (χ3n) is 3.17. The van der Waals surface area contributed by atoms with Gasteiger partial charge in [0.2, 0.25) is 0 Å². The number of aryl methyl sites for hydroxylation is 2. The number of hydrogen-bond acceptors (Lipinski definition) is 2. The molecule has 0 aliphatic rings. The Bertz CT molecular complexity index is 637. The van der Waals surface area contributed by atoms with E-state index in [2.05, 4.69) is 27.7 Å². The molecule has 106 valence electrons. The normalized spacial score (nSPS) is 10.8. The fraction of sp³-hybridized carbons (Fsp3) is 0.333. The van der Waals surface area contributed by atoms with E-state index in [-0.39, 0.29) is 5.78 Å². The Hall–Kier alpha value is -0.880. The van der Waals surface area contributed by atoms with Gasteiger partial charge in [-0.3, -0.25) is 9.48 Å². The summed E-state index contributed by atoms with van der Waals surface area (Å²) < 4.78 is 2.88. The molecule has 5 heteroatoms. The molecule has 0 N–H and O–H groups in total. The molecule has 1 heterocycles. The van der Waals surface area contributed by atoms with Crippen molar-refractivity contribution in [3.63, 3.8) is 0 Å². The Morgan fingerprint density at radius 1 is 1.40 bits per heavy atom. The number of ketones is 1. The highest BCUT2D eigenvalue weighted by Gasteiger charge is 2.18. The number of Topliss-reactive ketones (excluding diaryl/α,β-unsaturated/α-hetero) is 1. The molecule has 0 atom stereocenters. The van der Waals surface area contributed by atoms with Crippen LogP contribution >= 0.6 is 34.2 Å². The first-order valence-electron chi connectivity index (χ1n) is 6.59. The zero-order chi connectivity index (χ0) is 14.7. The molecule has 0 fully saturated rings. The molecule has 20 heavy (non-hydrogen) atoms. The molecule has 0 unspecified atom stereocenters. The van der Waals surface area contributed by atoms with Crippen LogP contribution in [0.1, 0.15) is 35.6 Å². The van der Waals surface area contributed by atoms with Crippen molar-refractivity contribution in [3.8, 4) is 0 Å². The summed E-state index contributed by atoms with van der Waals surface area (Å²) >= 11 is 8.54. The van der Waals surface area contributed by atoms with Crippen LogP contribution in [0, 0.1) is 3.57 Å². The van der Waals surface area contributed by atoms with Crippen LogP contribution in [0.15, 0.2) is 24.3 Å². The van der Waals surface area contributed by atoms with Gasteiger partial charge in [-0.2, -0.15) is 5.10 Å². The van der Waals surface area contributed by atoms with Crippen molar-refractivity contribution in [2.24, 2.45) is 0 Å². The second-order valence-corrected chi connectivity index (χ2v) is 6.11. The summed E-state index contributed by atoms with van der Waals surface area (Å²) in [4.78, 5) is 12.4. The van der Waals surface area contributed by atoms with Gasteiger partial charge >= 0.3 is 0 Å². The number of hydrogen-bond donors (Lipinski definition) is 0. The van der Waals surface area contributed by atoms with Gasteiger partial charge in [0.15, 0.2) is 5.78 Å². The van der Waals surface area contributed by atoms with Crippen LogP contribution in [0.25, 0.3) is 0 Å². The van der Waals surface area contributed by atoms with E-state index in [1.165, 1.54) is 0 Å². The number of nitrogens with zero attached hydrogens (tertiary/aromatic N) is 2. The number of rotatable bonds is 5. The van der Waals surface area contributed by atoms with Crippen LogP contribution in [0.5, 0.6) is 0 Å². The van der Waals surface area contributed by atoms with E-state index in [4.69, 9.17) is 11.6 Å². The topological polar surface area (TPSA) is 34.9 Å². The van der Waals surface area contributed by atoms with Gasteiger partial charge in [0.1, 0.15) is 0 Å². The van der Waals surface area contributed by atoms with Crippen molar-refractivity contribution in [1.29, 1.82) is 0 Å². The molecule has 2 aromatic rings. The summed E-state index contributed by atoms with van der Waals surface area (Å²) in [6.07, 6.45) is 1.07. The summed E-state index contributed by atoms with van der Waals surface area (Å²) in [5.41, 5.74) is 2.39. The van der Waals surface area contributed by atoms with Gasteiger partial charge < -0.3 is 0 Å². The van der Waals surface area contributed by atoms with Gasteiger partial charge in [-0.05, 0) is 48.1 Å². The van der Waals surface area contributed by atoms with E-state index in [0.717, 1.165) is 26.9 Å². The third-order valence-corrected chi connectivity index (χ3v) is 4.28. The summed E-state index contributed by atoms with van der Waals surface area (Å²) in [6, 6.07) is 7.59. The Morgan fingerprint density at radius 2 is 2.15 bits per heavy atom. The molecule has 0 spiro atoms. The molecule has 1 aromatic heterocycles. The maximum absolute atomic E-state index is 12.4. The molecule has 2 rings (SSSR count). The van der Waals surface area contributed by atoms with Gasteiger partial charge in [-0.15, -0.1) is 0 Å². The smallest absolute Gasteiger partial charge is 0.168 e. The summed E-state index contributed by atoms with van der Waals surface area (Å²) in [6.45, 7) is 4.73. The average molecular weight is 403 g/mol. The van der Waals surface area contributed by atoms with E-state index in [1.807, 2.05) is 42.8 Å². The fourth-order valence-corrected chi connectivity index (χ4v) is 2.98. The lowest BCUT2D eigenvalue weighted by molar-refractivity contribution is 0.0990. The second-order valence-electron chi connectivity index (χ2n) is 4.49. The minimum Gasteiger partial charge on any atom is -0.294 e. The summed E-state index contributed by atoms with van der Waals surface area (Å²) in [5.74, 6) is 0.0719. The van der Waals surface area contributed by atoms with Crippen molar-refractivity contribution in [3.05, 3.63) is 49.8 Å². The van der Waals surface area contributed by atoms with Crippen molar-refractivity contribution >= 4 is 40.0 Å². The molecule has 0 saturated heterocycles. The lowest BCUT2D eigenvalue weighted by atomic mass is 10.1. The number of benzene rings is 1. The molecule has 0 amide bonds. The maximum atomic E-state index is 12.4. The SMILES string of the molecule is CCc1nn(CC)c(CC(=O)c2cccc(I)c2)c1Cl. The van der Waals surface area contributed by atoms with Gasteiger partial charge in [-0.1, -0.05) is 30.7 Å². The molecule has 3 nitrogen and oxygen atoms in total. The first-order valence-corrected chi connectivity index (χ1v) is 8.05. The molecule has 0 radical (unpaired) electrons. The van der Waals surface area contributed by atoms with Gasteiger partial charge in [0.25, 0.3) is 0 Å².